The summed E-state index contributed by atoms with van der Waals surface area (Å²) < 4.78 is 0. The number of rotatable bonds is 3. The summed E-state index contributed by atoms with van der Waals surface area (Å²) in [6, 6.07) is 0. The van der Waals surface area contributed by atoms with E-state index in [1.165, 1.54) is 11.3 Å². The van der Waals surface area contributed by atoms with Crippen LogP contribution in [0.5, 0.6) is 0 Å². The van der Waals surface area contributed by atoms with Gasteiger partial charge in [-0.3, -0.25) is 4.79 Å². The van der Waals surface area contributed by atoms with Gasteiger partial charge < -0.3 is 5.73 Å². The SMILES string of the molecule is NC(=O)CCc1scnc1Cl. The summed E-state index contributed by atoms with van der Waals surface area (Å²) in [7, 11) is 0. The van der Waals surface area contributed by atoms with Crippen LogP contribution in [0.4, 0.5) is 0 Å². The Morgan fingerprint density at radius 1 is 1.82 bits per heavy atom. The molecule has 60 valence electrons. The highest BCUT2D eigenvalue weighted by molar-refractivity contribution is 7.10. The van der Waals surface area contributed by atoms with Crippen LogP contribution in [0.25, 0.3) is 0 Å². The number of aromatic nitrogens is 1. The van der Waals surface area contributed by atoms with E-state index in [1.54, 1.807) is 5.51 Å². The first-order valence-electron chi connectivity index (χ1n) is 3.06. The van der Waals surface area contributed by atoms with Crippen molar-refractivity contribution in [2.24, 2.45) is 5.73 Å². The molecule has 0 aliphatic rings. The Morgan fingerprint density at radius 2 is 2.55 bits per heavy atom. The van der Waals surface area contributed by atoms with Crippen LogP contribution < -0.4 is 5.73 Å². The molecule has 0 spiro atoms. The lowest BCUT2D eigenvalue weighted by molar-refractivity contribution is -0.117. The molecule has 1 rings (SSSR count). The Kier molecular flexibility index (Phi) is 2.84. The smallest absolute Gasteiger partial charge is 0.217 e. The molecule has 5 heteroatoms. The van der Waals surface area contributed by atoms with Gasteiger partial charge in [0.05, 0.1) is 5.51 Å². The van der Waals surface area contributed by atoms with Crippen molar-refractivity contribution in [1.82, 2.24) is 4.98 Å². The number of hydrogen-bond donors (Lipinski definition) is 1. The van der Waals surface area contributed by atoms with Crippen molar-refractivity contribution in [3.8, 4) is 0 Å². The van der Waals surface area contributed by atoms with Crippen LogP contribution in [0.2, 0.25) is 5.15 Å². The lowest BCUT2D eigenvalue weighted by atomic mass is 10.3. The lowest BCUT2D eigenvalue weighted by Gasteiger charge is -1.92. The maximum Gasteiger partial charge on any atom is 0.217 e. The van der Waals surface area contributed by atoms with Crippen LogP contribution in [0, 0.1) is 0 Å². The molecule has 2 N–H and O–H groups in total. The average Bonchev–Trinajstić information content (AvgIpc) is 2.31. The second-order valence-electron chi connectivity index (χ2n) is 2.03. The fourth-order valence-electron chi connectivity index (χ4n) is 0.656. The van der Waals surface area contributed by atoms with Crippen LogP contribution in [0.1, 0.15) is 11.3 Å². The highest BCUT2D eigenvalue weighted by atomic mass is 35.5. The van der Waals surface area contributed by atoms with E-state index < -0.39 is 0 Å². The van der Waals surface area contributed by atoms with Crippen LogP contribution in [-0.2, 0) is 11.2 Å². The van der Waals surface area contributed by atoms with Gasteiger partial charge in [-0.05, 0) is 6.42 Å². The van der Waals surface area contributed by atoms with Crippen LogP contribution in [-0.4, -0.2) is 10.9 Å². The van der Waals surface area contributed by atoms with Gasteiger partial charge in [-0.2, -0.15) is 0 Å². The molecule has 0 unspecified atom stereocenters. The van der Waals surface area contributed by atoms with Gasteiger partial charge >= 0.3 is 0 Å². The third-order valence-corrected chi connectivity index (χ3v) is 2.52. The van der Waals surface area contributed by atoms with Crippen molar-refractivity contribution in [1.29, 1.82) is 0 Å². The van der Waals surface area contributed by atoms with Gasteiger partial charge in [0.2, 0.25) is 5.91 Å². The van der Waals surface area contributed by atoms with Crippen molar-refractivity contribution in [3.05, 3.63) is 15.5 Å². The Balaban J connectivity index is 2.51. The highest BCUT2D eigenvalue weighted by Crippen LogP contribution is 2.19. The van der Waals surface area contributed by atoms with E-state index in [-0.39, 0.29) is 5.91 Å². The number of carbonyl (C=O) groups excluding carboxylic acids is 1. The molecule has 0 atom stereocenters. The van der Waals surface area contributed by atoms with E-state index in [0.29, 0.717) is 18.0 Å². The minimum atomic E-state index is -0.311. The van der Waals surface area contributed by atoms with E-state index in [9.17, 15) is 4.79 Å². The molecule has 0 fully saturated rings. The Morgan fingerprint density at radius 3 is 3.00 bits per heavy atom. The van der Waals surface area contributed by atoms with Crippen molar-refractivity contribution < 1.29 is 4.79 Å². The quantitative estimate of drug-likeness (QED) is 0.779. The monoisotopic (exact) mass is 190 g/mol. The molecule has 0 saturated heterocycles. The van der Waals surface area contributed by atoms with Gasteiger partial charge in [0.1, 0.15) is 5.15 Å². The number of primary amides is 1. The standard InChI is InChI=1S/C6H7ClN2OS/c7-6-4(11-3-9-6)1-2-5(8)10/h3H,1-2H2,(H2,8,10). The number of hydrogen-bond acceptors (Lipinski definition) is 3. The number of halogens is 1. The molecule has 0 bridgehead atoms. The Bertz CT molecular complexity index is 261. The fraction of sp³-hybridized carbons (Fsp3) is 0.333. The van der Waals surface area contributed by atoms with Gasteiger partial charge in [-0.25, -0.2) is 4.98 Å². The molecule has 0 aliphatic carbocycles. The normalized spacial score (nSPS) is 9.91. The maximum absolute atomic E-state index is 10.4. The first-order valence-corrected chi connectivity index (χ1v) is 4.32. The molecule has 3 nitrogen and oxygen atoms in total. The summed E-state index contributed by atoms with van der Waals surface area (Å²) in [6.07, 6.45) is 0.931. The summed E-state index contributed by atoms with van der Waals surface area (Å²) >= 11 is 7.11. The molecule has 0 radical (unpaired) electrons. The molecule has 1 aromatic rings. The fourth-order valence-corrected chi connectivity index (χ4v) is 1.65. The number of amides is 1. The van der Waals surface area contributed by atoms with Gasteiger partial charge in [0.15, 0.2) is 0 Å². The largest absolute Gasteiger partial charge is 0.370 e. The predicted molar refractivity (Wildman–Crippen MR) is 44.6 cm³/mol. The van der Waals surface area contributed by atoms with E-state index in [1.807, 2.05) is 0 Å². The zero-order valence-corrected chi connectivity index (χ0v) is 7.28. The predicted octanol–water partition coefficient (Wildman–Crippen LogP) is 1.21. The molecule has 0 saturated carbocycles. The molecule has 1 aromatic heterocycles. The van der Waals surface area contributed by atoms with Crippen LogP contribution >= 0.6 is 22.9 Å². The lowest BCUT2D eigenvalue weighted by Crippen LogP contribution is -2.10. The van der Waals surface area contributed by atoms with E-state index >= 15 is 0 Å². The maximum atomic E-state index is 10.4. The van der Waals surface area contributed by atoms with Crippen molar-refractivity contribution in [2.75, 3.05) is 0 Å². The van der Waals surface area contributed by atoms with Crippen molar-refractivity contribution in [2.45, 2.75) is 12.8 Å². The molecular weight excluding hydrogens is 184 g/mol. The minimum absolute atomic E-state index is 0.311. The molecule has 11 heavy (non-hydrogen) atoms. The topological polar surface area (TPSA) is 56.0 Å². The number of nitrogens with two attached hydrogens (primary N) is 1. The summed E-state index contributed by atoms with van der Waals surface area (Å²) in [4.78, 5) is 15.1. The van der Waals surface area contributed by atoms with E-state index in [2.05, 4.69) is 4.98 Å². The van der Waals surface area contributed by atoms with E-state index in [4.69, 9.17) is 17.3 Å². The third-order valence-electron chi connectivity index (χ3n) is 1.19. The van der Waals surface area contributed by atoms with Gasteiger partial charge in [0, 0.05) is 11.3 Å². The first kappa shape index (κ1) is 8.49. The third kappa shape index (κ3) is 2.48. The zero-order valence-electron chi connectivity index (χ0n) is 5.71. The molecule has 1 heterocycles. The van der Waals surface area contributed by atoms with E-state index in [0.717, 1.165) is 4.88 Å². The Labute approximate surface area is 73.2 Å². The molecule has 0 aliphatic heterocycles. The molecule has 0 aromatic carbocycles. The summed E-state index contributed by atoms with van der Waals surface area (Å²) in [5, 5.41) is 0.483. The zero-order chi connectivity index (χ0) is 8.27. The van der Waals surface area contributed by atoms with Crippen LogP contribution in [0.3, 0.4) is 0 Å². The van der Waals surface area contributed by atoms with Crippen molar-refractivity contribution in [3.63, 3.8) is 0 Å². The van der Waals surface area contributed by atoms with Gasteiger partial charge in [0.25, 0.3) is 0 Å². The van der Waals surface area contributed by atoms with Crippen molar-refractivity contribution >= 4 is 28.8 Å². The second kappa shape index (κ2) is 3.69. The minimum Gasteiger partial charge on any atom is -0.370 e. The number of aryl methyl sites for hydroxylation is 1. The Hall–Kier alpha value is -0.610. The number of thiazole rings is 1. The number of nitrogens with zero attached hydrogens (tertiary/aromatic N) is 1. The van der Waals surface area contributed by atoms with Crippen LogP contribution in [0.15, 0.2) is 5.51 Å². The molecule has 1 amide bonds. The summed E-state index contributed by atoms with van der Waals surface area (Å²) in [6.45, 7) is 0. The van der Waals surface area contributed by atoms with Gasteiger partial charge in [-0.15, -0.1) is 11.3 Å². The van der Waals surface area contributed by atoms with Gasteiger partial charge in [-0.1, -0.05) is 11.6 Å². The molecular formula is C6H7ClN2OS. The highest BCUT2D eigenvalue weighted by Gasteiger charge is 2.04. The first-order chi connectivity index (χ1) is 5.20. The second-order valence-corrected chi connectivity index (χ2v) is 3.33. The average molecular weight is 191 g/mol. The number of carbonyl (C=O) groups is 1. The summed E-state index contributed by atoms with van der Waals surface area (Å²) in [5.41, 5.74) is 6.61. The summed E-state index contributed by atoms with van der Waals surface area (Å²) in [5.74, 6) is -0.311.